The van der Waals surface area contributed by atoms with E-state index in [0.29, 0.717) is 422 Å². The number of aliphatic hydroxyl groups is 2. The van der Waals surface area contributed by atoms with Crippen LogP contribution in [0.1, 0.15) is 19.5 Å². The molecule has 6 aromatic heterocycles. The van der Waals surface area contributed by atoms with Gasteiger partial charge in [0, 0.05) is 22.6 Å². The van der Waals surface area contributed by atoms with E-state index < -0.39 is 12.2 Å². The molecule has 37 nitrogen and oxygen atoms in total. The molecule has 2 atom stereocenters. The topological polar surface area (TPSA) is 368 Å². The zero-order valence-corrected chi connectivity index (χ0v) is 80.1. The number of ether oxygens (including phenoxy) is 33. The molecule has 0 bridgehead atoms. The fourth-order valence-electron chi connectivity index (χ4n) is 13.3. The summed E-state index contributed by atoms with van der Waals surface area (Å²) in [6.07, 6.45) is -0.707. The quantitative estimate of drug-likeness (QED) is 0.0288. The predicted octanol–water partition coefficient (Wildman–Crippen LogP) is 6.95. The van der Waals surface area contributed by atoms with Crippen LogP contribution >= 0.6 is 68.0 Å². The summed E-state index contributed by atoms with van der Waals surface area (Å²) in [6.45, 7) is 29.3. The molecule has 12 rings (SSSR count). The second-order valence-corrected chi connectivity index (χ2v) is 35.8. The smallest absolute Gasteiger partial charge is 0.405 e. The van der Waals surface area contributed by atoms with Crippen molar-refractivity contribution in [1.29, 1.82) is 0 Å². The van der Waals surface area contributed by atoms with Crippen molar-refractivity contribution in [1.82, 2.24) is 0 Å². The Labute approximate surface area is 786 Å². The lowest BCUT2D eigenvalue weighted by molar-refractivity contribution is -0.0323. The van der Waals surface area contributed by atoms with E-state index in [9.17, 15) is 10.2 Å². The van der Waals surface area contributed by atoms with Crippen molar-refractivity contribution >= 4 is 68.0 Å². The fraction of sp³-hybridized carbons (Fsp3) is 0.727. The average Bonchev–Trinajstić information content (AvgIpc) is 1.57. The molecule has 738 valence electrons. The van der Waals surface area contributed by atoms with Gasteiger partial charge in [-0.1, -0.05) is 0 Å². The van der Waals surface area contributed by atoms with Gasteiger partial charge in [-0.25, -0.2) is 8.85 Å². The molecule has 0 aromatic carbocycles. The Kier molecular flexibility index (Phi) is 50.6. The van der Waals surface area contributed by atoms with Gasteiger partial charge < -0.3 is 167 Å². The highest BCUT2D eigenvalue weighted by molar-refractivity contribution is 7.27. The number of rotatable bonds is 77. The van der Waals surface area contributed by atoms with Crippen LogP contribution in [0.15, 0.2) is 8.85 Å². The summed E-state index contributed by atoms with van der Waals surface area (Å²) in [5.74, 6) is 6.84. The molecule has 12 heterocycles. The van der Waals surface area contributed by atoms with Crippen LogP contribution in [-0.4, -0.2) is 406 Å². The van der Waals surface area contributed by atoms with Gasteiger partial charge in [0.1, 0.15) is 62.6 Å². The van der Waals surface area contributed by atoms with Crippen molar-refractivity contribution < 1.29 is 167 Å². The van der Waals surface area contributed by atoms with Gasteiger partial charge in [0.15, 0.2) is 68.3 Å². The molecule has 6 aliphatic rings. The van der Waals surface area contributed by atoms with Crippen LogP contribution < -0.4 is 58.2 Å². The van der Waals surface area contributed by atoms with Gasteiger partial charge in [-0.05, 0) is 13.8 Å². The standard InChI is InChI=1S/C88H130O37S6/c1-63-69-71(116-49-47-114-69)67(126-63)59-65(89)61-112-45-43-110-41-39-108-37-35-106-33-31-104-29-27-102-25-23-100-21-19-98-17-15-96-13-11-94-9-7-92-5-3-91-4-6-93-8-10-95-12-14-97-16-18-99-20-22-101-24-26-103-28-30-105-32-34-107-36-38-109-40-42-111-44-46-113-62-66(90)60-68-72-74(119-52-50-117-72)82(128-68)84-76-78(123-56-54-121-76)86(130-84)88-80-79(124-57-58-125-80)87(131-88)85-77-75(120-53-55-122-77)83(129-85)81-73-70(64(2)127-81)115-48-51-118-73/h65-66,89-90H,3-62H2,1-2H3/q+2. The van der Waals surface area contributed by atoms with Crippen LogP contribution in [0, 0.1) is 22.9 Å². The Morgan fingerprint density at radius 2 is 0.405 bits per heavy atom. The fourth-order valence-corrected chi connectivity index (χ4v) is 20.8. The molecule has 43 heteroatoms. The first-order valence-electron chi connectivity index (χ1n) is 45.0. The van der Waals surface area contributed by atoms with Gasteiger partial charge in [-0.15, -0.1) is 68.0 Å². The minimum atomic E-state index is -0.820. The zero-order valence-electron chi connectivity index (χ0n) is 75.2. The summed E-state index contributed by atoms with van der Waals surface area (Å²) in [6, 6.07) is 0. The van der Waals surface area contributed by atoms with Crippen molar-refractivity contribution in [2.75, 3.05) is 383 Å². The van der Waals surface area contributed by atoms with Gasteiger partial charge in [-0.2, -0.15) is 0 Å². The van der Waals surface area contributed by atoms with Crippen molar-refractivity contribution in [3.05, 3.63) is 48.3 Å². The number of hydrogen-bond donors (Lipinski definition) is 2. The first kappa shape index (κ1) is 105. The molecule has 2 unspecified atom stereocenters. The van der Waals surface area contributed by atoms with Gasteiger partial charge in [0.2, 0.25) is 11.5 Å². The van der Waals surface area contributed by atoms with Crippen molar-refractivity contribution in [3.8, 4) is 86.8 Å². The van der Waals surface area contributed by atoms with E-state index in [0.717, 1.165) is 80.8 Å². The third-order valence-corrected chi connectivity index (χ3v) is 26.8. The number of aryl methyl sites for hydroxylation is 2. The van der Waals surface area contributed by atoms with Crippen LogP contribution in [0.3, 0.4) is 0 Å². The molecule has 6 aromatic rings. The highest BCUT2D eigenvalue weighted by Crippen LogP contribution is 2.61. The Morgan fingerprint density at radius 3 is 0.695 bits per heavy atom. The number of aliphatic hydroxyl groups excluding tert-OH is 2. The predicted molar refractivity (Wildman–Crippen MR) is 487 cm³/mol. The van der Waals surface area contributed by atoms with Gasteiger partial charge in [0.25, 0.3) is 13.2 Å². The summed E-state index contributed by atoms with van der Waals surface area (Å²) in [5.41, 5.74) is 1.30. The van der Waals surface area contributed by atoms with E-state index in [2.05, 4.69) is 0 Å². The minimum Gasteiger partial charge on any atom is -0.485 e. The lowest BCUT2D eigenvalue weighted by Crippen LogP contribution is -2.21. The largest absolute Gasteiger partial charge is 0.485 e. The number of thiophene rings is 6. The second kappa shape index (κ2) is 63.3. The van der Waals surface area contributed by atoms with Crippen LogP contribution in [0.4, 0.5) is 0 Å². The lowest BCUT2D eigenvalue weighted by Gasteiger charge is -2.19. The highest BCUT2D eigenvalue weighted by atomic mass is 32.1. The Balaban J connectivity index is 0.362. The highest BCUT2D eigenvalue weighted by Gasteiger charge is 2.39. The maximum atomic E-state index is 11.3. The average molecular weight is 1970 g/mol. The molecule has 0 radical (unpaired) electrons. The third-order valence-electron chi connectivity index (χ3n) is 19.3. The molecule has 2 N–H and O–H groups in total. The van der Waals surface area contributed by atoms with Crippen molar-refractivity contribution in [2.24, 2.45) is 0 Å². The van der Waals surface area contributed by atoms with E-state index in [4.69, 9.17) is 165 Å². The van der Waals surface area contributed by atoms with Gasteiger partial charge in [0.05, 0.1) is 345 Å². The van der Waals surface area contributed by atoms with E-state index in [1.54, 1.807) is 45.3 Å². The van der Waals surface area contributed by atoms with Gasteiger partial charge >= 0.3 is 10.9 Å². The monoisotopic (exact) mass is 1970 g/mol. The first-order valence-corrected chi connectivity index (χ1v) is 49.9. The summed E-state index contributed by atoms with van der Waals surface area (Å²) in [5, 5.41) is 21.7. The molecule has 0 spiro atoms. The molecule has 0 amide bonds. The van der Waals surface area contributed by atoms with E-state index in [1.165, 1.54) is 22.7 Å². The van der Waals surface area contributed by atoms with E-state index in [-0.39, 0.29) is 19.6 Å². The van der Waals surface area contributed by atoms with Crippen LogP contribution in [0.5, 0.6) is 57.5 Å². The Bertz CT molecular complexity index is 4340. The molecule has 131 heavy (non-hydrogen) atoms. The normalized spacial score (nSPS) is 15.0. The molecular formula is C88H130O37S6+2. The summed E-state index contributed by atoms with van der Waals surface area (Å²) in [4.78, 5) is 9.12. The summed E-state index contributed by atoms with van der Waals surface area (Å²) in [7, 11) is 0. The lowest BCUT2D eigenvalue weighted by atomic mass is 10.2. The SMILES string of the molecule is Cc1sc(CC(O)COCCOCCOCCOCCOCCOCCOCCOCCOCCOCCOCCOCCOCCOCCOCCOCCOCCOCCOCCOCCOCCOCCOCC(O)Cc2sc(-c3sc(-c4sc(=c5sc(-c6sc(C)c7c6OCCO7)c6c5=[O+]CCO6)c5c4OCC[O+]=5)c4c3OCCO4)c3c2OCCO3)c2c1OCCO2. The molecular weight excluding hydrogens is 1840 g/mol. The van der Waals surface area contributed by atoms with Crippen LogP contribution in [-0.2, 0) is 122 Å². The molecule has 0 fully saturated rings. The second-order valence-electron chi connectivity index (χ2n) is 29.1. The number of fused-ring (bicyclic) bond motifs is 6. The first-order chi connectivity index (χ1) is 64.9. The Morgan fingerprint density at radius 1 is 0.214 bits per heavy atom. The van der Waals surface area contributed by atoms with Crippen molar-refractivity contribution in [2.45, 2.75) is 38.9 Å². The summed E-state index contributed by atoms with van der Waals surface area (Å²) < 4.78 is 205. The van der Waals surface area contributed by atoms with Crippen molar-refractivity contribution in [3.63, 3.8) is 0 Å². The molecule has 6 aliphatic heterocycles. The molecule has 0 saturated heterocycles. The Hall–Kier alpha value is -5.20. The van der Waals surface area contributed by atoms with E-state index >= 15 is 0 Å². The molecule has 0 aliphatic carbocycles. The van der Waals surface area contributed by atoms with E-state index in [1.807, 2.05) is 13.8 Å². The third kappa shape index (κ3) is 36.0. The minimum absolute atomic E-state index is 0.100. The zero-order chi connectivity index (χ0) is 90.4. The summed E-state index contributed by atoms with van der Waals surface area (Å²) >= 11 is 9.38. The number of hydrogen-bond acceptors (Lipinski definition) is 41. The maximum Gasteiger partial charge on any atom is 0.405 e. The molecule has 0 saturated carbocycles. The maximum absolute atomic E-state index is 11.3. The van der Waals surface area contributed by atoms with Crippen LogP contribution in [0.25, 0.3) is 29.3 Å². The van der Waals surface area contributed by atoms with Crippen LogP contribution in [0.2, 0.25) is 0 Å². The van der Waals surface area contributed by atoms with Gasteiger partial charge in [-0.3, -0.25) is 0 Å².